The third-order valence-corrected chi connectivity index (χ3v) is 16.9. The molecular formula is C52H84N2O4Si. The monoisotopic (exact) mass is 829 g/mol. The number of unbranched alkanes of at least 4 members (excludes halogenated alkanes) is 14. The van der Waals surface area contributed by atoms with Crippen molar-refractivity contribution in [3.63, 3.8) is 0 Å². The van der Waals surface area contributed by atoms with Crippen LogP contribution in [0.5, 0.6) is 5.75 Å². The molecule has 0 aromatic heterocycles. The molecule has 330 valence electrons. The molecule has 0 unspecified atom stereocenters. The van der Waals surface area contributed by atoms with Crippen molar-refractivity contribution in [1.29, 1.82) is 0 Å². The molecule has 3 rings (SSSR count). The number of hydrogen-bond donors (Lipinski definition) is 1. The average molecular weight is 829 g/mol. The van der Waals surface area contributed by atoms with Gasteiger partial charge in [0.1, 0.15) is 5.75 Å². The molecule has 3 aromatic carbocycles. The van der Waals surface area contributed by atoms with E-state index in [0.717, 1.165) is 43.5 Å². The van der Waals surface area contributed by atoms with E-state index in [-0.39, 0.29) is 23.1 Å². The molecule has 0 radical (unpaired) electrons. The molecule has 0 aliphatic heterocycles. The van der Waals surface area contributed by atoms with Gasteiger partial charge >= 0.3 is 0 Å². The highest BCUT2D eigenvalue weighted by Gasteiger charge is 2.50. The van der Waals surface area contributed by atoms with Gasteiger partial charge in [-0.25, -0.2) is 0 Å². The van der Waals surface area contributed by atoms with E-state index in [1.807, 2.05) is 12.1 Å². The van der Waals surface area contributed by atoms with Crippen LogP contribution >= 0.6 is 0 Å². The summed E-state index contributed by atoms with van der Waals surface area (Å²) >= 11 is 0. The number of likely N-dealkylation sites (N-methyl/N-ethyl adjacent to an activating group) is 1. The average Bonchev–Trinajstić information content (AvgIpc) is 3.24. The highest BCUT2D eigenvalue weighted by Crippen LogP contribution is 2.37. The van der Waals surface area contributed by atoms with Crippen LogP contribution in [-0.2, 0) is 20.6 Å². The lowest BCUT2D eigenvalue weighted by Gasteiger charge is -2.44. The summed E-state index contributed by atoms with van der Waals surface area (Å²) in [7, 11) is 1.11. The van der Waals surface area contributed by atoms with Gasteiger partial charge in [-0.15, -0.1) is 0 Å². The van der Waals surface area contributed by atoms with E-state index in [9.17, 15) is 4.79 Å². The van der Waals surface area contributed by atoms with E-state index in [2.05, 4.69) is 125 Å². The Kier molecular flexibility index (Phi) is 25.0. The van der Waals surface area contributed by atoms with Gasteiger partial charge in [0.2, 0.25) is 5.91 Å². The Labute approximate surface area is 362 Å². The molecule has 1 amide bonds. The molecule has 0 bridgehead atoms. The smallest absolute Gasteiger partial charge is 0.261 e. The van der Waals surface area contributed by atoms with E-state index in [0.29, 0.717) is 26.2 Å². The summed E-state index contributed by atoms with van der Waals surface area (Å²) in [5.41, 5.74) is 1.16. The van der Waals surface area contributed by atoms with E-state index < -0.39 is 8.32 Å². The van der Waals surface area contributed by atoms with Crippen molar-refractivity contribution in [3.8, 4) is 5.75 Å². The quantitative estimate of drug-likeness (QED) is 0.0489. The predicted molar refractivity (Wildman–Crippen MR) is 254 cm³/mol. The zero-order valence-electron chi connectivity index (χ0n) is 38.6. The lowest BCUT2D eigenvalue weighted by atomic mass is 10.1. The van der Waals surface area contributed by atoms with Crippen LogP contribution in [0.15, 0.2) is 84.9 Å². The van der Waals surface area contributed by atoms with Crippen molar-refractivity contribution in [2.75, 3.05) is 33.9 Å². The molecule has 2 atom stereocenters. The fourth-order valence-corrected chi connectivity index (χ4v) is 13.0. The molecule has 59 heavy (non-hydrogen) atoms. The molecule has 0 saturated heterocycles. The summed E-state index contributed by atoms with van der Waals surface area (Å²) in [5, 5.41) is 5.86. The first-order chi connectivity index (χ1) is 28.6. The second kappa shape index (κ2) is 29.3. The first kappa shape index (κ1) is 50.4. The lowest BCUT2D eigenvalue weighted by Crippen LogP contribution is -2.67. The Morgan fingerprint density at radius 2 is 1.19 bits per heavy atom. The van der Waals surface area contributed by atoms with Crippen LogP contribution in [0.2, 0.25) is 5.04 Å². The van der Waals surface area contributed by atoms with E-state index in [1.54, 1.807) is 7.11 Å². The topological polar surface area (TPSA) is 60.0 Å². The Morgan fingerprint density at radius 1 is 0.678 bits per heavy atom. The molecule has 1 N–H and O–H groups in total. The summed E-state index contributed by atoms with van der Waals surface area (Å²) in [6.45, 7) is 14.1. The number of rotatable bonds is 33. The van der Waals surface area contributed by atoms with Crippen LogP contribution in [0.4, 0.5) is 0 Å². The third-order valence-electron chi connectivity index (χ3n) is 11.9. The van der Waals surface area contributed by atoms with Crippen molar-refractivity contribution >= 4 is 24.6 Å². The Bertz CT molecular complexity index is 1440. The number of hydrogen-bond acceptors (Lipinski definition) is 5. The molecular weight excluding hydrogens is 745 g/mol. The number of benzene rings is 3. The van der Waals surface area contributed by atoms with Gasteiger partial charge in [0.05, 0.1) is 32.5 Å². The maximum atomic E-state index is 13.7. The minimum atomic E-state index is -2.78. The number of nitrogens with zero attached hydrogens (tertiary/aromatic N) is 1. The lowest BCUT2D eigenvalue weighted by molar-refractivity contribution is -0.122. The molecule has 3 aromatic rings. The molecule has 0 aliphatic carbocycles. The normalized spacial score (nSPS) is 13.1. The number of ether oxygens (including phenoxy) is 2. The van der Waals surface area contributed by atoms with Gasteiger partial charge in [-0.05, 0) is 59.4 Å². The van der Waals surface area contributed by atoms with E-state index in [4.69, 9.17) is 13.9 Å². The minimum absolute atomic E-state index is 0.137. The van der Waals surface area contributed by atoms with Crippen molar-refractivity contribution in [2.24, 2.45) is 0 Å². The second-order valence-electron chi connectivity index (χ2n) is 18.1. The maximum Gasteiger partial charge on any atom is 0.261 e. The zero-order valence-corrected chi connectivity index (χ0v) is 39.6. The summed E-state index contributed by atoms with van der Waals surface area (Å²) in [4.78, 5) is 16.1. The van der Waals surface area contributed by atoms with Gasteiger partial charge in [-0.3, -0.25) is 4.79 Å². The molecule has 0 spiro atoms. The van der Waals surface area contributed by atoms with Crippen molar-refractivity contribution in [1.82, 2.24) is 10.2 Å². The number of carbonyl (C=O) groups is 1. The number of carbonyl (C=O) groups excluding carboxylic acids is 1. The molecule has 0 aliphatic rings. The van der Waals surface area contributed by atoms with Gasteiger partial charge in [0.15, 0.2) is 0 Å². The van der Waals surface area contributed by atoms with E-state index in [1.165, 1.54) is 100 Å². The third kappa shape index (κ3) is 19.1. The molecule has 0 fully saturated rings. The van der Waals surface area contributed by atoms with Crippen molar-refractivity contribution in [2.45, 2.75) is 180 Å². The highest BCUT2D eigenvalue weighted by molar-refractivity contribution is 6.99. The highest BCUT2D eigenvalue weighted by atomic mass is 28.4. The van der Waals surface area contributed by atoms with Gasteiger partial charge in [-0.1, -0.05) is 204 Å². The standard InChI is InChI=1S/C52H84N2O4Si/c1-8-10-12-14-15-16-17-18-19-21-29-35-51(55)53-46(44-58-59(52(3,4)5,49-31-25-22-26-32-49)50-33-27-23-28-34-50)42-54(6)41-40-48(30-24-20-13-11-9-2)57-43-45-36-38-47(56-7)39-37-45/h22-23,25-28,31-34,36-39,46,48H,8-21,24,29-30,35,40-44H2,1-7H3,(H,53,55)/t46-,48-/m1/s1. The van der Waals surface area contributed by atoms with E-state index >= 15 is 0 Å². The first-order valence-electron chi connectivity index (χ1n) is 23.6. The molecule has 7 heteroatoms. The summed E-state index contributed by atoms with van der Waals surface area (Å²) < 4.78 is 19.4. The van der Waals surface area contributed by atoms with Gasteiger partial charge in [0, 0.05) is 19.5 Å². The van der Waals surface area contributed by atoms with Crippen molar-refractivity contribution < 1.29 is 18.7 Å². The first-order valence-corrected chi connectivity index (χ1v) is 25.5. The fraction of sp³-hybridized carbons (Fsp3) is 0.635. The molecule has 0 saturated carbocycles. The van der Waals surface area contributed by atoms with Crippen LogP contribution in [0.1, 0.15) is 162 Å². The Balaban J connectivity index is 1.70. The van der Waals surface area contributed by atoms with Crippen LogP contribution in [0.25, 0.3) is 0 Å². The molecule has 6 nitrogen and oxygen atoms in total. The summed E-state index contributed by atoms with van der Waals surface area (Å²) in [5.74, 6) is 1.00. The predicted octanol–water partition coefficient (Wildman–Crippen LogP) is 12.0. The van der Waals surface area contributed by atoms with Gasteiger partial charge in [-0.2, -0.15) is 0 Å². The van der Waals surface area contributed by atoms with Crippen LogP contribution in [-0.4, -0.2) is 65.1 Å². The Hall–Kier alpha value is -2.97. The SMILES string of the molecule is CCCCCCCCCCCCCC(=O)N[C@@H](CO[Si](c1ccccc1)(c1ccccc1)C(C)(C)C)CN(C)CC[C@@H](CCCCCCC)OCc1ccc(OC)cc1. The fourth-order valence-electron chi connectivity index (χ4n) is 8.43. The number of amides is 1. The van der Waals surface area contributed by atoms with Crippen LogP contribution < -0.4 is 20.4 Å². The second-order valence-corrected chi connectivity index (χ2v) is 22.4. The largest absolute Gasteiger partial charge is 0.497 e. The maximum absolute atomic E-state index is 13.7. The molecule has 0 heterocycles. The number of methoxy groups -OCH3 is 1. The van der Waals surface area contributed by atoms with Gasteiger partial charge in [0.25, 0.3) is 8.32 Å². The Morgan fingerprint density at radius 3 is 1.69 bits per heavy atom. The van der Waals surface area contributed by atoms with Crippen molar-refractivity contribution in [3.05, 3.63) is 90.5 Å². The number of nitrogens with one attached hydrogen (secondary N) is 1. The van der Waals surface area contributed by atoms with Gasteiger partial charge < -0.3 is 24.1 Å². The minimum Gasteiger partial charge on any atom is -0.497 e. The van der Waals surface area contributed by atoms with Crippen LogP contribution in [0.3, 0.4) is 0 Å². The zero-order chi connectivity index (χ0) is 42.6. The summed E-state index contributed by atoms with van der Waals surface area (Å²) in [6.07, 6.45) is 23.0. The summed E-state index contributed by atoms with van der Waals surface area (Å²) in [6, 6.07) is 29.7. The van der Waals surface area contributed by atoms with Crippen LogP contribution in [0, 0.1) is 0 Å².